The van der Waals surface area contributed by atoms with Gasteiger partial charge < -0.3 is 5.73 Å². The Bertz CT molecular complexity index is 147. The van der Waals surface area contributed by atoms with Gasteiger partial charge in [0, 0.05) is 6.04 Å². The first-order chi connectivity index (χ1) is 7.27. The van der Waals surface area contributed by atoms with E-state index in [1.165, 1.54) is 57.8 Å². The second-order valence-corrected chi connectivity index (χ2v) is 5.37. The minimum absolute atomic E-state index is 0.509. The van der Waals surface area contributed by atoms with Crippen molar-refractivity contribution >= 4 is 0 Å². The van der Waals surface area contributed by atoms with Crippen LogP contribution in [0.5, 0.6) is 0 Å². The molecule has 15 heavy (non-hydrogen) atoms. The summed E-state index contributed by atoms with van der Waals surface area (Å²) in [4.78, 5) is 0. The molecule has 0 heterocycles. The molecule has 90 valence electrons. The first-order valence-electron chi connectivity index (χ1n) is 7.03. The third-order valence-corrected chi connectivity index (χ3v) is 4.07. The summed E-state index contributed by atoms with van der Waals surface area (Å²) < 4.78 is 0. The van der Waals surface area contributed by atoms with Crippen LogP contribution >= 0.6 is 0 Å². The molecule has 1 aliphatic carbocycles. The third kappa shape index (κ3) is 4.55. The largest absolute Gasteiger partial charge is 0.328 e. The van der Waals surface area contributed by atoms with Gasteiger partial charge >= 0.3 is 0 Å². The summed E-state index contributed by atoms with van der Waals surface area (Å²) in [5.41, 5.74) is 5.97. The van der Waals surface area contributed by atoms with Crippen LogP contribution in [0, 0.1) is 11.8 Å². The Morgan fingerprint density at radius 2 is 1.67 bits per heavy atom. The summed E-state index contributed by atoms with van der Waals surface area (Å²) in [5, 5.41) is 0. The summed E-state index contributed by atoms with van der Waals surface area (Å²) in [6, 6.07) is 0.509. The maximum absolute atomic E-state index is 5.97. The Hall–Kier alpha value is -0.0400. The smallest absolute Gasteiger partial charge is 0.00390 e. The van der Waals surface area contributed by atoms with Crippen LogP contribution in [0.1, 0.15) is 71.6 Å². The first kappa shape index (κ1) is 13.0. The van der Waals surface area contributed by atoms with Crippen LogP contribution in [-0.2, 0) is 0 Å². The monoisotopic (exact) mass is 211 g/mol. The van der Waals surface area contributed by atoms with Crippen molar-refractivity contribution in [3.63, 3.8) is 0 Å². The molecule has 0 amide bonds. The fourth-order valence-corrected chi connectivity index (χ4v) is 3.07. The Morgan fingerprint density at radius 3 is 2.20 bits per heavy atom. The molecule has 1 heteroatoms. The highest BCUT2D eigenvalue weighted by Crippen LogP contribution is 2.34. The van der Waals surface area contributed by atoms with Crippen molar-refractivity contribution in [1.29, 1.82) is 0 Å². The lowest BCUT2D eigenvalue weighted by Crippen LogP contribution is -2.29. The molecule has 2 N–H and O–H groups in total. The van der Waals surface area contributed by atoms with Crippen LogP contribution in [0.2, 0.25) is 0 Å². The number of nitrogens with two attached hydrogens (primary N) is 1. The molecule has 0 aromatic carbocycles. The van der Waals surface area contributed by atoms with Gasteiger partial charge in [0.2, 0.25) is 0 Å². The fourth-order valence-electron chi connectivity index (χ4n) is 3.07. The molecular weight excluding hydrogens is 182 g/mol. The standard InChI is InChI=1S/C14H29N/c1-3-5-7-12(6-4-2)13-8-10-14(15)11-9-13/h12-14H,3-11,15H2,1-2H3. The molecule has 1 fully saturated rings. The van der Waals surface area contributed by atoms with Crippen LogP contribution in [-0.4, -0.2) is 6.04 Å². The molecule has 0 aromatic rings. The summed E-state index contributed by atoms with van der Waals surface area (Å²) in [5.74, 6) is 2.00. The zero-order valence-electron chi connectivity index (χ0n) is 10.7. The highest BCUT2D eigenvalue weighted by molar-refractivity contribution is 4.79. The van der Waals surface area contributed by atoms with Crippen molar-refractivity contribution in [2.75, 3.05) is 0 Å². The average Bonchev–Trinajstić information content (AvgIpc) is 2.25. The lowest BCUT2D eigenvalue weighted by atomic mass is 9.75. The molecule has 1 rings (SSSR count). The second kappa shape index (κ2) is 7.27. The zero-order valence-corrected chi connectivity index (χ0v) is 10.7. The normalized spacial score (nSPS) is 29.0. The van der Waals surface area contributed by atoms with Gasteiger partial charge in [-0.3, -0.25) is 0 Å². The van der Waals surface area contributed by atoms with E-state index in [9.17, 15) is 0 Å². The minimum Gasteiger partial charge on any atom is -0.328 e. The van der Waals surface area contributed by atoms with E-state index in [-0.39, 0.29) is 0 Å². The van der Waals surface area contributed by atoms with E-state index in [4.69, 9.17) is 5.73 Å². The van der Waals surface area contributed by atoms with Crippen molar-refractivity contribution in [3.05, 3.63) is 0 Å². The van der Waals surface area contributed by atoms with Gasteiger partial charge in [0.05, 0.1) is 0 Å². The van der Waals surface area contributed by atoms with Gasteiger partial charge in [-0.1, -0.05) is 46.0 Å². The van der Waals surface area contributed by atoms with Crippen LogP contribution in [0.3, 0.4) is 0 Å². The van der Waals surface area contributed by atoms with E-state index in [2.05, 4.69) is 13.8 Å². The Balaban J connectivity index is 2.33. The summed E-state index contributed by atoms with van der Waals surface area (Å²) in [6.45, 7) is 4.63. The van der Waals surface area contributed by atoms with Crippen molar-refractivity contribution < 1.29 is 0 Å². The van der Waals surface area contributed by atoms with Crippen molar-refractivity contribution in [1.82, 2.24) is 0 Å². The van der Waals surface area contributed by atoms with Gasteiger partial charge in [0.1, 0.15) is 0 Å². The SMILES string of the molecule is CCCCC(CCC)C1CCC(N)CC1. The van der Waals surface area contributed by atoms with Crippen molar-refractivity contribution in [2.45, 2.75) is 77.7 Å². The molecular formula is C14H29N. The maximum Gasteiger partial charge on any atom is 0.00390 e. The quantitative estimate of drug-likeness (QED) is 0.703. The Kier molecular flexibility index (Phi) is 6.31. The number of rotatable bonds is 6. The van der Waals surface area contributed by atoms with Gasteiger partial charge in [-0.15, -0.1) is 0 Å². The number of unbranched alkanes of at least 4 members (excludes halogenated alkanes) is 1. The Labute approximate surface area is 95.8 Å². The molecule has 0 aliphatic heterocycles. The Morgan fingerprint density at radius 1 is 1.00 bits per heavy atom. The van der Waals surface area contributed by atoms with E-state index in [0.717, 1.165) is 11.8 Å². The number of hydrogen-bond donors (Lipinski definition) is 1. The minimum atomic E-state index is 0.509. The average molecular weight is 211 g/mol. The van der Waals surface area contributed by atoms with Gasteiger partial charge in [-0.2, -0.15) is 0 Å². The fraction of sp³-hybridized carbons (Fsp3) is 1.00. The second-order valence-electron chi connectivity index (χ2n) is 5.37. The maximum atomic E-state index is 5.97. The molecule has 0 spiro atoms. The molecule has 1 nitrogen and oxygen atoms in total. The molecule has 0 bridgehead atoms. The molecule has 0 aromatic heterocycles. The summed E-state index contributed by atoms with van der Waals surface area (Å²) in [6.07, 6.45) is 12.4. The highest BCUT2D eigenvalue weighted by Gasteiger charge is 2.25. The van der Waals surface area contributed by atoms with Crippen LogP contribution < -0.4 is 5.73 Å². The summed E-state index contributed by atoms with van der Waals surface area (Å²) >= 11 is 0. The topological polar surface area (TPSA) is 26.0 Å². The molecule has 0 radical (unpaired) electrons. The van der Waals surface area contributed by atoms with Gasteiger partial charge in [0.15, 0.2) is 0 Å². The van der Waals surface area contributed by atoms with Crippen LogP contribution in [0.15, 0.2) is 0 Å². The van der Waals surface area contributed by atoms with E-state index in [1.54, 1.807) is 0 Å². The van der Waals surface area contributed by atoms with Gasteiger partial charge in [-0.25, -0.2) is 0 Å². The molecule has 1 unspecified atom stereocenters. The summed E-state index contributed by atoms with van der Waals surface area (Å²) in [7, 11) is 0. The van der Waals surface area contributed by atoms with Gasteiger partial charge in [0.25, 0.3) is 0 Å². The van der Waals surface area contributed by atoms with Gasteiger partial charge in [-0.05, 0) is 37.5 Å². The van der Waals surface area contributed by atoms with Crippen molar-refractivity contribution in [2.24, 2.45) is 17.6 Å². The van der Waals surface area contributed by atoms with E-state index < -0.39 is 0 Å². The molecule has 1 saturated carbocycles. The lowest BCUT2D eigenvalue weighted by molar-refractivity contribution is 0.207. The van der Waals surface area contributed by atoms with E-state index in [0.29, 0.717) is 6.04 Å². The first-order valence-corrected chi connectivity index (χ1v) is 7.03. The van der Waals surface area contributed by atoms with E-state index in [1.807, 2.05) is 0 Å². The molecule has 1 aliphatic rings. The van der Waals surface area contributed by atoms with Crippen LogP contribution in [0.4, 0.5) is 0 Å². The predicted molar refractivity (Wildman–Crippen MR) is 67.9 cm³/mol. The lowest BCUT2D eigenvalue weighted by Gasteiger charge is -2.32. The molecule has 0 saturated heterocycles. The zero-order chi connectivity index (χ0) is 11.1. The number of hydrogen-bond acceptors (Lipinski definition) is 1. The van der Waals surface area contributed by atoms with Crippen molar-refractivity contribution in [3.8, 4) is 0 Å². The predicted octanol–water partition coefficient (Wildman–Crippen LogP) is 4.11. The third-order valence-electron chi connectivity index (χ3n) is 4.07. The molecule has 1 atom stereocenters. The van der Waals surface area contributed by atoms with E-state index >= 15 is 0 Å². The highest BCUT2D eigenvalue weighted by atomic mass is 14.6. The van der Waals surface area contributed by atoms with Crippen LogP contribution in [0.25, 0.3) is 0 Å².